The lowest BCUT2D eigenvalue weighted by Crippen LogP contribution is -1.83. The van der Waals surface area contributed by atoms with E-state index in [-0.39, 0.29) is 0 Å². The van der Waals surface area contributed by atoms with Crippen LogP contribution in [0, 0.1) is 6.92 Å². The van der Waals surface area contributed by atoms with Crippen molar-refractivity contribution in [1.82, 2.24) is 0 Å². The third-order valence-corrected chi connectivity index (χ3v) is 1.68. The van der Waals surface area contributed by atoms with Gasteiger partial charge >= 0.3 is 0 Å². The highest BCUT2D eigenvalue weighted by atomic mass is 35.5. The molecule has 1 N–H and O–H groups in total. The average Bonchev–Trinajstić information content (AvgIpc) is 1.95. The average molecular weight is 170 g/mol. The molecule has 0 amide bonds. The third kappa shape index (κ3) is 1.95. The summed E-state index contributed by atoms with van der Waals surface area (Å²) in [5.41, 5.74) is 1.81. The number of benzene rings is 1. The zero-order chi connectivity index (χ0) is 8.27. The van der Waals surface area contributed by atoms with Gasteiger partial charge in [0.25, 0.3) is 0 Å². The topological polar surface area (TPSA) is 32.6 Å². The van der Waals surface area contributed by atoms with Gasteiger partial charge in [0, 0.05) is 10.6 Å². The van der Waals surface area contributed by atoms with Gasteiger partial charge in [-0.05, 0) is 18.6 Å². The quantitative estimate of drug-likeness (QED) is 0.391. The van der Waals surface area contributed by atoms with E-state index in [0.29, 0.717) is 5.02 Å². The van der Waals surface area contributed by atoms with Crippen molar-refractivity contribution in [2.24, 2.45) is 5.16 Å². The molecule has 0 aliphatic carbocycles. The number of hydrogen-bond donors (Lipinski definition) is 1. The van der Waals surface area contributed by atoms with E-state index in [1.807, 2.05) is 19.1 Å². The Morgan fingerprint density at radius 1 is 1.55 bits per heavy atom. The van der Waals surface area contributed by atoms with Gasteiger partial charge in [0.1, 0.15) is 0 Å². The molecule has 0 aliphatic heterocycles. The molecule has 0 spiro atoms. The zero-order valence-corrected chi connectivity index (χ0v) is 6.84. The minimum absolute atomic E-state index is 0.600. The first-order valence-corrected chi connectivity index (χ1v) is 3.55. The Hall–Kier alpha value is -1.02. The number of nitrogens with zero attached hydrogens (tertiary/aromatic N) is 1. The molecule has 0 heterocycles. The van der Waals surface area contributed by atoms with E-state index >= 15 is 0 Å². The number of hydrogen-bond acceptors (Lipinski definition) is 2. The molecule has 58 valence electrons. The summed E-state index contributed by atoms with van der Waals surface area (Å²) in [6.07, 6.45) is 1.31. The fraction of sp³-hybridized carbons (Fsp3) is 0.125. The van der Waals surface area contributed by atoms with Crippen molar-refractivity contribution in [2.45, 2.75) is 6.92 Å². The van der Waals surface area contributed by atoms with E-state index in [1.165, 1.54) is 6.21 Å². The van der Waals surface area contributed by atoms with Gasteiger partial charge in [-0.25, -0.2) is 0 Å². The first kappa shape index (κ1) is 8.08. The largest absolute Gasteiger partial charge is 0.411 e. The standard InChI is InChI=1S/C8H8ClNO/c1-6-2-3-7(5-10-11)8(9)4-6/h2-5,11H,1H3/b10-5-. The Kier molecular flexibility index (Phi) is 2.49. The van der Waals surface area contributed by atoms with E-state index in [9.17, 15) is 0 Å². The van der Waals surface area contributed by atoms with Gasteiger partial charge in [0.2, 0.25) is 0 Å². The highest BCUT2D eigenvalue weighted by molar-refractivity contribution is 6.33. The SMILES string of the molecule is Cc1ccc(/C=N\O)c(Cl)c1. The first-order valence-electron chi connectivity index (χ1n) is 3.17. The Bertz CT molecular complexity index is 283. The molecule has 3 heteroatoms. The smallest absolute Gasteiger partial charge is 0.0748 e. The Morgan fingerprint density at radius 2 is 2.27 bits per heavy atom. The molecule has 11 heavy (non-hydrogen) atoms. The molecule has 1 rings (SSSR count). The summed E-state index contributed by atoms with van der Waals surface area (Å²) >= 11 is 5.81. The molecule has 0 atom stereocenters. The van der Waals surface area contributed by atoms with Crippen LogP contribution in [0.25, 0.3) is 0 Å². The van der Waals surface area contributed by atoms with E-state index in [4.69, 9.17) is 16.8 Å². The zero-order valence-electron chi connectivity index (χ0n) is 6.08. The maximum atomic E-state index is 8.22. The monoisotopic (exact) mass is 169 g/mol. The molecule has 0 unspecified atom stereocenters. The lowest BCUT2D eigenvalue weighted by Gasteiger charge is -1.96. The van der Waals surface area contributed by atoms with Crippen LogP contribution in [0.15, 0.2) is 23.4 Å². The summed E-state index contributed by atoms with van der Waals surface area (Å²) in [4.78, 5) is 0. The predicted molar refractivity (Wildman–Crippen MR) is 45.6 cm³/mol. The molecule has 0 saturated heterocycles. The number of aryl methyl sites for hydroxylation is 1. The van der Waals surface area contributed by atoms with Gasteiger partial charge in [-0.15, -0.1) is 0 Å². The summed E-state index contributed by atoms with van der Waals surface area (Å²) in [7, 11) is 0. The predicted octanol–water partition coefficient (Wildman–Crippen LogP) is 2.46. The molecule has 0 aromatic heterocycles. The Balaban J connectivity index is 3.09. The van der Waals surface area contributed by atoms with E-state index in [1.54, 1.807) is 6.07 Å². The van der Waals surface area contributed by atoms with E-state index in [0.717, 1.165) is 11.1 Å². The van der Waals surface area contributed by atoms with Crippen molar-refractivity contribution in [3.63, 3.8) is 0 Å². The summed E-state index contributed by atoms with van der Waals surface area (Å²) in [6, 6.07) is 5.53. The molecule has 0 fully saturated rings. The third-order valence-electron chi connectivity index (χ3n) is 1.35. The highest BCUT2D eigenvalue weighted by Gasteiger charge is 1.95. The van der Waals surface area contributed by atoms with Crippen molar-refractivity contribution in [3.8, 4) is 0 Å². The van der Waals surface area contributed by atoms with Crippen LogP contribution in [-0.2, 0) is 0 Å². The molecule has 2 nitrogen and oxygen atoms in total. The maximum absolute atomic E-state index is 8.22. The lowest BCUT2D eigenvalue weighted by molar-refractivity contribution is 0.322. The van der Waals surface area contributed by atoms with Gasteiger partial charge in [-0.3, -0.25) is 0 Å². The first-order chi connectivity index (χ1) is 5.24. The van der Waals surface area contributed by atoms with Crippen molar-refractivity contribution in [2.75, 3.05) is 0 Å². The summed E-state index contributed by atoms with van der Waals surface area (Å²) in [5, 5.41) is 11.7. The van der Waals surface area contributed by atoms with Crippen molar-refractivity contribution >= 4 is 17.8 Å². The van der Waals surface area contributed by atoms with Gasteiger partial charge in [0.05, 0.1) is 6.21 Å². The lowest BCUT2D eigenvalue weighted by atomic mass is 10.2. The number of oxime groups is 1. The van der Waals surface area contributed by atoms with Crippen molar-refractivity contribution in [3.05, 3.63) is 34.3 Å². The minimum Gasteiger partial charge on any atom is -0.411 e. The van der Waals surface area contributed by atoms with Crippen LogP contribution in [0.5, 0.6) is 0 Å². The molecular weight excluding hydrogens is 162 g/mol. The van der Waals surface area contributed by atoms with Gasteiger partial charge < -0.3 is 5.21 Å². The van der Waals surface area contributed by atoms with Crippen LogP contribution >= 0.6 is 11.6 Å². The van der Waals surface area contributed by atoms with Gasteiger partial charge in [-0.1, -0.05) is 28.9 Å². The maximum Gasteiger partial charge on any atom is 0.0748 e. The van der Waals surface area contributed by atoms with Crippen LogP contribution in [0.3, 0.4) is 0 Å². The normalized spacial score (nSPS) is 10.7. The van der Waals surface area contributed by atoms with Crippen molar-refractivity contribution < 1.29 is 5.21 Å². The molecule has 0 bridgehead atoms. The second kappa shape index (κ2) is 3.39. The molecule has 0 aliphatic rings. The highest BCUT2D eigenvalue weighted by Crippen LogP contribution is 2.15. The van der Waals surface area contributed by atoms with Gasteiger partial charge in [0.15, 0.2) is 0 Å². The number of halogens is 1. The molecule has 1 aromatic carbocycles. The van der Waals surface area contributed by atoms with E-state index in [2.05, 4.69) is 5.16 Å². The Labute approximate surface area is 70.1 Å². The second-order valence-electron chi connectivity index (χ2n) is 2.27. The molecule has 1 aromatic rings. The fourth-order valence-corrected chi connectivity index (χ4v) is 1.08. The Morgan fingerprint density at radius 3 is 2.82 bits per heavy atom. The van der Waals surface area contributed by atoms with Crippen LogP contribution in [0.2, 0.25) is 5.02 Å². The summed E-state index contributed by atoms with van der Waals surface area (Å²) in [6.45, 7) is 1.95. The van der Waals surface area contributed by atoms with Crippen LogP contribution in [0.1, 0.15) is 11.1 Å². The minimum atomic E-state index is 0.600. The molecular formula is C8H8ClNO. The number of rotatable bonds is 1. The summed E-state index contributed by atoms with van der Waals surface area (Å²) < 4.78 is 0. The summed E-state index contributed by atoms with van der Waals surface area (Å²) in [5.74, 6) is 0. The van der Waals surface area contributed by atoms with Crippen LogP contribution < -0.4 is 0 Å². The van der Waals surface area contributed by atoms with Gasteiger partial charge in [-0.2, -0.15) is 0 Å². The van der Waals surface area contributed by atoms with Crippen LogP contribution in [-0.4, -0.2) is 11.4 Å². The molecule has 0 saturated carbocycles. The molecule has 0 radical (unpaired) electrons. The van der Waals surface area contributed by atoms with Crippen LogP contribution in [0.4, 0.5) is 0 Å². The van der Waals surface area contributed by atoms with E-state index < -0.39 is 0 Å². The fourth-order valence-electron chi connectivity index (χ4n) is 0.799. The van der Waals surface area contributed by atoms with Crippen molar-refractivity contribution in [1.29, 1.82) is 0 Å². The second-order valence-corrected chi connectivity index (χ2v) is 2.68.